The van der Waals surface area contributed by atoms with Crippen molar-refractivity contribution in [1.82, 2.24) is 4.98 Å². The molecule has 1 N–H and O–H groups in total. The molecular formula is C9H8F5NO3. The molecule has 0 atom stereocenters. The molecule has 0 aromatic carbocycles. The molecule has 18 heavy (non-hydrogen) atoms. The van der Waals surface area contributed by atoms with Crippen LogP contribution in [0.3, 0.4) is 0 Å². The molecule has 1 rings (SSSR count). The first-order chi connectivity index (χ1) is 8.28. The first-order valence-corrected chi connectivity index (χ1v) is 4.51. The largest absolute Gasteiger partial charge is 0.574 e. The first-order valence-electron chi connectivity index (χ1n) is 4.51. The van der Waals surface area contributed by atoms with Gasteiger partial charge in [-0.1, -0.05) is 0 Å². The molecule has 0 unspecified atom stereocenters. The first kappa shape index (κ1) is 14.4. The van der Waals surface area contributed by atoms with Crippen molar-refractivity contribution in [2.45, 2.75) is 19.4 Å². The third-order valence-corrected chi connectivity index (χ3v) is 1.88. The topological polar surface area (TPSA) is 51.6 Å². The van der Waals surface area contributed by atoms with Crippen LogP contribution in [-0.4, -0.2) is 23.6 Å². The molecule has 0 fully saturated rings. The number of rotatable bonds is 4. The van der Waals surface area contributed by atoms with E-state index in [2.05, 4.69) is 14.5 Å². The Kier molecular flexibility index (Phi) is 4.28. The number of ether oxygens (including phenoxy) is 2. The van der Waals surface area contributed by atoms with Crippen molar-refractivity contribution >= 4 is 0 Å². The fourth-order valence-corrected chi connectivity index (χ4v) is 1.25. The van der Waals surface area contributed by atoms with Gasteiger partial charge in [-0.15, -0.1) is 13.2 Å². The van der Waals surface area contributed by atoms with E-state index in [1.54, 1.807) is 0 Å². The van der Waals surface area contributed by atoms with Crippen LogP contribution in [0.5, 0.6) is 11.6 Å². The van der Waals surface area contributed by atoms with Gasteiger partial charge in [0, 0.05) is 6.07 Å². The second-order valence-corrected chi connectivity index (χ2v) is 3.03. The lowest BCUT2D eigenvalue weighted by molar-refractivity contribution is -0.276. The highest BCUT2D eigenvalue weighted by Crippen LogP contribution is 2.35. The molecule has 0 saturated heterocycles. The minimum absolute atomic E-state index is 0.539. The number of pyridine rings is 1. The molecule has 0 spiro atoms. The molecule has 0 bridgehead atoms. The van der Waals surface area contributed by atoms with Crippen LogP contribution in [0.15, 0.2) is 6.07 Å². The van der Waals surface area contributed by atoms with Crippen molar-refractivity contribution in [1.29, 1.82) is 0 Å². The summed E-state index contributed by atoms with van der Waals surface area (Å²) in [5.41, 5.74) is -1.40. The summed E-state index contributed by atoms with van der Waals surface area (Å²) in [4.78, 5) is 3.15. The highest BCUT2D eigenvalue weighted by atomic mass is 19.4. The Hall–Kier alpha value is -1.64. The summed E-state index contributed by atoms with van der Waals surface area (Å²) >= 11 is 0. The van der Waals surface area contributed by atoms with Gasteiger partial charge in [-0.3, -0.25) is 0 Å². The van der Waals surface area contributed by atoms with Gasteiger partial charge in [0.15, 0.2) is 0 Å². The second-order valence-electron chi connectivity index (χ2n) is 3.03. The number of aromatic nitrogens is 1. The van der Waals surface area contributed by atoms with E-state index in [9.17, 15) is 22.0 Å². The molecule has 9 heteroatoms. The summed E-state index contributed by atoms with van der Waals surface area (Å²) in [5.74, 6) is -1.52. The molecule has 0 aliphatic carbocycles. The predicted octanol–water partition coefficient (Wildman–Crippen LogP) is 2.42. The van der Waals surface area contributed by atoms with E-state index in [4.69, 9.17) is 5.11 Å². The quantitative estimate of drug-likeness (QED) is 0.856. The zero-order valence-electron chi connectivity index (χ0n) is 8.96. The van der Waals surface area contributed by atoms with Gasteiger partial charge in [-0.2, -0.15) is 0 Å². The second kappa shape index (κ2) is 5.34. The summed E-state index contributed by atoms with van der Waals surface area (Å²) in [6, 6.07) is 0.578. The van der Waals surface area contributed by atoms with Crippen LogP contribution in [0.25, 0.3) is 0 Å². The molecule has 0 saturated carbocycles. The molecule has 1 aromatic heterocycles. The van der Waals surface area contributed by atoms with Crippen molar-refractivity contribution in [3.05, 3.63) is 17.3 Å². The summed E-state index contributed by atoms with van der Waals surface area (Å²) in [7, 11) is 1.000. The average molecular weight is 273 g/mol. The van der Waals surface area contributed by atoms with Gasteiger partial charge in [0.25, 0.3) is 6.43 Å². The van der Waals surface area contributed by atoms with Crippen molar-refractivity contribution in [2.75, 3.05) is 7.11 Å². The number of aliphatic hydroxyl groups is 1. The standard InChI is InChI=1S/C9H8F5NO3/c1-17-5-2-6(18-9(12,13)14)15-4(3-16)7(5)8(10)11/h2,8,16H,3H2,1H3. The van der Waals surface area contributed by atoms with Crippen molar-refractivity contribution < 1.29 is 36.5 Å². The van der Waals surface area contributed by atoms with Crippen LogP contribution in [0.1, 0.15) is 17.7 Å². The minimum Gasteiger partial charge on any atom is -0.496 e. The number of hydrogen-bond acceptors (Lipinski definition) is 4. The predicted molar refractivity (Wildman–Crippen MR) is 48.4 cm³/mol. The molecule has 0 radical (unpaired) electrons. The number of alkyl halides is 5. The zero-order valence-corrected chi connectivity index (χ0v) is 8.96. The van der Waals surface area contributed by atoms with Crippen LogP contribution in [0.4, 0.5) is 22.0 Å². The van der Waals surface area contributed by atoms with Gasteiger partial charge < -0.3 is 14.6 Å². The summed E-state index contributed by atoms with van der Waals surface area (Å²) in [6.07, 6.45) is -8.06. The van der Waals surface area contributed by atoms with E-state index < -0.39 is 42.3 Å². The Bertz CT molecular complexity index is 396. The van der Waals surface area contributed by atoms with Gasteiger partial charge >= 0.3 is 6.36 Å². The highest BCUT2D eigenvalue weighted by Gasteiger charge is 2.33. The maximum Gasteiger partial charge on any atom is 0.574 e. The molecule has 0 amide bonds. The third kappa shape index (κ3) is 3.42. The van der Waals surface area contributed by atoms with Crippen molar-refractivity contribution in [3.8, 4) is 11.6 Å². The maximum absolute atomic E-state index is 12.6. The van der Waals surface area contributed by atoms with E-state index in [0.717, 1.165) is 7.11 Å². The van der Waals surface area contributed by atoms with Gasteiger partial charge in [0.2, 0.25) is 5.88 Å². The fraction of sp³-hybridized carbons (Fsp3) is 0.444. The smallest absolute Gasteiger partial charge is 0.496 e. The minimum atomic E-state index is -5.02. The molecule has 1 heterocycles. The Morgan fingerprint density at radius 2 is 2.00 bits per heavy atom. The summed E-state index contributed by atoms with van der Waals surface area (Å²) < 4.78 is 69.1. The average Bonchev–Trinajstić information content (AvgIpc) is 2.24. The summed E-state index contributed by atoms with van der Waals surface area (Å²) in [6.45, 7) is -0.967. The lowest BCUT2D eigenvalue weighted by Crippen LogP contribution is -2.18. The zero-order chi connectivity index (χ0) is 13.9. The van der Waals surface area contributed by atoms with E-state index in [1.165, 1.54) is 0 Å². The maximum atomic E-state index is 12.6. The van der Waals surface area contributed by atoms with Crippen LogP contribution in [-0.2, 0) is 6.61 Å². The molecule has 0 aliphatic rings. The van der Waals surface area contributed by atoms with Gasteiger partial charge in [0.1, 0.15) is 5.75 Å². The van der Waals surface area contributed by atoms with Gasteiger partial charge in [0.05, 0.1) is 25.0 Å². The van der Waals surface area contributed by atoms with Gasteiger partial charge in [-0.05, 0) is 0 Å². The van der Waals surface area contributed by atoms with Crippen LogP contribution in [0.2, 0.25) is 0 Å². The Balaban J connectivity index is 3.26. The monoisotopic (exact) mass is 273 g/mol. The lowest BCUT2D eigenvalue weighted by atomic mass is 10.2. The molecule has 102 valence electrons. The third-order valence-electron chi connectivity index (χ3n) is 1.88. The van der Waals surface area contributed by atoms with E-state index in [1.807, 2.05) is 0 Å². The van der Waals surface area contributed by atoms with Crippen molar-refractivity contribution in [2.24, 2.45) is 0 Å². The SMILES string of the molecule is COc1cc(OC(F)(F)F)nc(CO)c1C(F)F. The normalized spacial score (nSPS) is 11.8. The molecule has 4 nitrogen and oxygen atoms in total. The number of nitrogens with zero attached hydrogens (tertiary/aromatic N) is 1. The molecular weight excluding hydrogens is 265 g/mol. The Morgan fingerprint density at radius 3 is 2.39 bits per heavy atom. The van der Waals surface area contributed by atoms with Crippen molar-refractivity contribution in [3.63, 3.8) is 0 Å². The van der Waals surface area contributed by atoms with E-state index in [-0.39, 0.29) is 0 Å². The molecule has 1 aromatic rings. The van der Waals surface area contributed by atoms with Crippen LogP contribution < -0.4 is 9.47 Å². The molecule has 0 aliphatic heterocycles. The Morgan fingerprint density at radius 1 is 1.39 bits per heavy atom. The number of halogens is 5. The number of methoxy groups -OCH3 is 1. The van der Waals surface area contributed by atoms with Crippen LogP contribution in [0, 0.1) is 0 Å². The number of hydrogen-bond donors (Lipinski definition) is 1. The lowest BCUT2D eigenvalue weighted by Gasteiger charge is -2.14. The highest BCUT2D eigenvalue weighted by molar-refractivity contribution is 5.41. The summed E-state index contributed by atoms with van der Waals surface area (Å²) in [5, 5.41) is 8.82. The number of aliphatic hydroxyl groups excluding tert-OH is 1. The fourth-order valence-electron chi connectivity index (χ4n) is 1.25. The van der Waals surface area contributed by atoms with Gasteiger partial charge in [-0.25, -0.2) is 13.8 Å². The van der Waals surface area contributed by atoms with E-state index in [0.29, 0.717) is 6.07 Å². The van der Waals surface area contributed by atoms with Crippen LogP contribution >= 0.6 is 0 Å². The van der Waals surface area contributed by atoms with E-state index >= 15 is 0 Å². The Labute approximate surface area is 98.0 Å².